The van der Waals surface area contributed by atoms with E-state index in [1.54, 1.807) is 46.1 Å². The van der Waals surface area contributed by atoms with Crippen molar-refractivity contribution < 1.29 is 14.3 Å². The highest BCUT2D eigenvalue weighted by molar-refractivity contribution is 7.17. The third-order valence-corrected chi connectivity index (χ3v) is 4.58. The molecule has 1 unspecified atom stereocenters. The van der Waals surface area contributed by atoms with Crippen LogP contribution in [0.2, 0.25) is 0 Å². The Bertz CT molecular complexity index is 701. The van der Waals surface area contributed by atoms with Crippen LogP contribution in [0.5, 0.6) is 0 Å². The van der Waals surface area contributed by atoms with Gasteiger partial charge in [-0.1, -0.05) is 18.2 Å². The number of nitrogens with zero attached hydrogens (tertiary/aromatic N) is 1. The van der Waals surface area contributed by atoms with E-state index in [9.17, 15) is 9.59 Å². The highest BCUT2D eigenvalue weighted by atomic mass is 32.1. The molecule has 0 saturated carbocycles. The number of hydrogen-bond donors (Lipinski definition) is 0. The molecule has 22 heavy (non-hydrogen) atoms. The number of carbonyl (C=O) groups excluding carboxylic acids is 2. The highest BCUT2D eigenvalue weighted by Gasteiger charge is 2.38. The molecule has 1 atom stereocenters. The maximum absolute atomic E-state index is 12.3. The normalized spacial score (nSPS) is 14.4. The summed E-state index contributed by atoms with van der Waals surface area (Å²) in [4.78, 5) is 25.5. The first-order valence-corrected chi connectivity index (χ1v) is 7.97. The second-order valence-corrected chi connectivity index (χ2v) is 7.36. The van der Waals surface area contributed by atoms with Gasteiger partial charge in [0.15, 0.2) is 0 Å². The van der Waals surface area contributed by atoms with Crippen molar-refractivity contribution in [3.8, 4) is 0 Å². The Balaban J connectivity index is 2.44. The van der Waals surface area contributed by atoms with Gasteiger partial charge in [0.25, 0.3) is 0 Å². The van der Waals surface area contributed by atoms with E-state index in [0.717, 1.165) is 21.9 Å². The minimum absolute atomic E-state index is 0.516. The van der Waals surface area contributed by atoms with Crippen molar-refractivity contribution in [2.75, 3.05) is 7.05 Å². The van der Waals surface area contributed by atoms with E-state index < -0.39 is 17.2 Å². The van der Waals surface area contributed by atoms with E-state index in [1.165, 1.54) is 4.90 Å². The molecule has 5 heteroatoms. The summed E-state index contributed by atoms with van der Waals surface area (Å²) in [5, 5.41) is 2.91. The molecular formula is C17H21NO3S. The second kappa shape index (κ2) is 5.72. The molecular weight excluding hydrogens is 298 g/mol. The van der Waals surface area contributed by atoms with E-state index in [1.807, 2.05) is 29.6 Å². The second-order valence-electron chi connectivity index (χ2n) is 6.45. The number of hydrogen-bond acceptors (Lipinski definition) is 4. The van der Waals surface area contributed by atoms with Crippen molar-refractivity contribution in [2.24, 2.45) is 0 Å². The van der Waals surface area contributed by atoms with E-state index in [4.69, 9.17) is 4.74 Å². The number of likely N-dealkylation sites (N-methyl/N-ethyl adjacent to an activating group) is 1. The third-order valence-electron chi connectivity index (χ3n) is 3.62. The van der Waals surface area contributed by atoms with Crippen LogP contribution in [0, 0.1) is 0 Å². The monoisotopic (exact) mass is 319 g/mol. The van der Waals surface area contributed by atoms with Crippen molar-refractivity contribution in [2.45, 2.75) is 38.8 Å². The van der Waals surface area contributed by atoms with Crippen molar-refractivity contribution in [3.63, 3.8) is 0 Å². The number of aldehydes is 1. The fourth-order valence-corrected chi connectivity index (χ4v) is 3.29. The summed E-state index contributed by atoms with van der Waals surface area (Å²) in [6, 6.07) is 7.85. The van der Waals surface area contributed by atoms with Crippen LogP contribution in [0.1, 0.15) is 33.3 Å². The van der Waals surface area contributed by atoms with Gasteiger partial charge in [0, 0.05) is 17.3 Å². The van der Waals surface area contributed by atoms with E-state index in [2.05, 4.69) is 0 Å². The highest BCUT2D eigenvalue weighted by Crippen LogP contribution is 2.36. The minimum Gasteiger partial charge on any atom is -0.444 e. The smallest absolute Gasteiger partial charge is 0.411 e. The molecule has 0 aliphatic heterocycles. The molecule has 1 aromatic heterocycles. The lowest BCUT2D eigenvalue weighted by Gasteiger charge is -2.35. The fraction of sp³-hybridized carbons (Fsp3) is 0.412. The van der Waals surface area contributed by atoms with Gasteiger partial charge in [0.05, 0.1) is 0 Å². The molecule has 0 spiro atoms. The first-order valence-electron chi connectivity index (χ1n) is 7.09. The Morgan fingerprint density at radius 3 is 2.45 bits per heavy atom. The number of ether oxygens (including phenoxy) is 1. The number of benzene rings is 1. The van der Waals surface area contributed by atoms with E-state index >= 15 is 0 Å². The summed E-state index contributed by atoms with van der Waals surface area (Å²) in [6.45, 7) is 7.14. The SMILES string of the molecule is CN(C(=O)OC(C)(C)C)C(C)(C=O)c1csc2ccccc12. The summed E-state index contributed by atoms with van der Waals surface area (Å²) in [5.41, 5.74) is -0.857. The number of thiophene rings is 1. The van der Waals surface area contributed by atoms with E-state index in [0.29, 0.717) is 0 Å². The molecule has 0 radical (unpaired) electrons. The quantitative estimate of drug-likeness (QED) is 0.797. The lowest BCUT2D eigenvalue weighted by Crippen LogP contribution is -2.48. The molecule has 0 bridgehead atoms. The molecule has 0 aliphatic carbocycles. The van der Waals surface area contributed by atoms with Crippen LogP contribution in [0.15, 0.2) is 29.6 Å². The zero-order chi connectivity index (χ0) is 16.5. The van der Waals surface area contributed by atoms with Crippen molar-refractivity contribution in [1.82, 2.24) is 4.90 Å². The average Bonchev–Trinajstić information content (AvgIpc) is 2.88. The average molecular weight is 319 g/mol. The molecule has 118 valence electrons. The number of carbonyl (C=O) groups is 2. The lowest BCUT2D eigenvalue weighted by molar-refractivity contribution is -0.117. The van der Waals surface area contributed by atoms with Crippen molar-refractivity contribution in [3.05, 3.63) is 35.2 Å². The van der Waals surface area contributed by atoms with Gasteiger partial charge in [0.2, 0.25) is 0 Å². The zero-order valence-electron chi connectivity index (χ0n) is 13.5. The molecule has 0 aliphatic rings. The molecule has 1 heterocycles. The molecule has 1 aromatic carbocycles. The van der Waals surface area contributed by atoms with Gasteiger partial charge in [-0.2, -0.15) is 0 Å². The van der Waals surface area contributed by atoms with Gasteiger partial charge < -0.3 is 9.53 Å². The van der Waals surface area contributed by atoms with Gasteiger partial charge >= 0.3 is 6.09 Å². The fourth-order valence-electron chi connectivity index (χ4n) is 2.21. The maximum Gasteiger partial charge on any atom is 0.411 e. The molecule has 1 amide bonds. The van der Waals surface area contributed by atoms with Crippen LogP contribution in [-0.4, -0.2) is 29.9 Å². The molecule has 0 N–H and O–H groups in total. The summed E-state index contributed by atoms with van der Waals surface area (Å²) < 4.78 is 6.48. The predicted octanol–water partition coefficient (Wildman–Crippen LogP) is 4.18. The summed E-state index contributed by atoms with van der Waals surface area (Å²) >= 11 is 1.56. The van der Waals surface area contributed by atoms with Crippen LogP contribution in [0.25, 0.3) is 10.1 Å². The number of rotatable bonds is 3. The third kappa shape index (κ3) is 2.99. The van der Waals surface area contributed by atoms with Crippen LogP contribution >= 0.6 is 11.3 Å². The summed E-state index contributed by atoms with van der Waals surface area (Å²) in [6.07, 6.45) is 0.281. The Morgan fingerprint density at radius 2 is 1.86 bits per heavy atom. The summed E-state index contributed by atoms with van der Waals surface area (Å²) in [7, 11) is 1.59. The topological polar surface area (TPSA) is 46.6 Å². The van der Waals surface area contributed by atoms with Gasteiger partial charge in [0.1, 0.15) is 17.4 Å². The van der Waals surface area contributed by atoms with Crippen LogP contribution in [0.3, 0.4) is 0 Å². The molecule has 0 saturated heterocycles. The van der Waals surface area contributed by atoms with Gasteiger partial charge in [-0.3, -0.25) is 4.90 Å². The summed E-state index contributed by atoms with van der Waals surface area (Å²) in [5.74, 6) is 0. The predicted molar refractivity (Wildman–Crippen MR) is 89.2 cm³/mol. The Labute approximate surface area is 134 Å². The maximum atomic E-state index is 12.3. The largest absolute Gasteiger partial charge is 0.444 e. The van der Waals surface area contributed by atoms with Gasteiger partial charge in [-0.25, -0.2) is 4.79 Å². The van der Waals surface area contributed by atoms with Crippen LogP contribution in [0.4, 0.5) is 4.79 Å². The first-order chi connectivity index (χ1) is 10.2. The standard InChI is InChI=1S/C17H21NO3S/c1-16(2,3)21-15(20)18(5)17(4,11-19)13-10-22-14-9-7-6-8-12(13)14/h6-11H,1-5H3. The van der Waals surface area contributed by atoms with Crippen LogP contribution < -0.4 is 0 Å². The van der Waals surface area contributed by atoms with Crippen LogP contribution in [-0.2, 0) is 15.1 Å². The number of fused-ring (bicyclic) bond motifs is 1. The minimum atomic E-state index is -1.07. The zero-order valence-corrected chi connectivity index (χ0v) is 14.4. The Hall–Kier alpha value is -1.88. The lowest BCUT2D eigenvalue weighted by atomic mass is 9.92. The van der Waals surface area contributed by atoms with Gasteiger partial charge in [-0.05, 0) is 44.5 Å². The van der Waals surface area contributed by atoms with Crippen molar-refractivity contribution >= 4 is 33.8 Å². The van der Waals surface area contributed by atoms with Gasteiger partial charge in [-0.15, -0.1) is 11.3 Å². The molecule has 2 aromatic rings. The first kappa shape index (κ1) is 16.5. The molecule has 2 rings (SSSR count). The Kier molecular flexibility index (Phi) is 4.29. The van der Waals surface area contributed by atoms with E-state index in [-0.39, 0.29) is 0 Å². The number of amides is 1. The molecule has 4 nitrogen and oxygen atoms in total. The van der Waals surface area contributed by atoms with Crippen molar-refractivity contribution in [1.29, 1.82) is 0 Å². The Morgan fingerprint density at radius 1 is 1.23 bits per heavy atom. The molecule has 0 fully saturated rings.